The monoisotopic (exact) mass is 770 g/mol. The summed E-state index contributed by atoms with van der Waals surface area (Å²) >= 11 is 0. The molecule has 3 heterocycles. The van der Waals surface area contributed by atoms with Crippen LogP contribution in [0.1, 0.15) is 44.6 Å². The molecule has 1 saturated heterocycles. The van der Waals surface area contributed by atoms with E-state index in [0.29, 0.717) is 52.8 Å². The van der Waals surface area contributed by atoms with Gasteiger partial charge in [-0.3, -0.25) is 19.2 Å². The number of rotatable bonds is 14. The highest BCUT2D eigenvalue weighted by molar-refractivity contribution is 5.98. The highest BCUT2D eigenvalue weighted by Crippen LogP contribution is 2.31. The van der Waals surface area contributed by atoms with Crippen molar-refractivity contribution in [2.45, 2.75) is 19.3 Å². The fraction of sp³-hybridized carbons (Fsp3) is 0.300. The van der Waals surface area contributed by atoms with Crippen molar-refractivity contribution in [3.05, 3.63) is 123 Å². The van der Waals surface area contributed by atoms with Gasteiger partial charge in [0.2, 0.25) is 5.91 Å². The summed E-state index contributed by atoms with van der Waals surface area (Å²) in [7, 11) is 0. The van der Waals surface area contributed by atoms with Crippen molar-refractivity contribution < 1.29 is 32.3 Å². The number of fused-ring (bicyclic) bond motifs is 1. The number of halogens is 3. The molecule has 3 aromatic carbocycles. The molecule has 1 aliphatic heterocycles. The number of carbonyl (C=O) groups is 3. The van der Waals surface area contributed by atoms with Gasteiger partial charge in [-0.05, 0) is 41.5 Å². The second-order valence-corrected chi connectivity index (χ2v) is 13.4. The first-order valence-electron chi connectivity index (χ1n) is 18.0. The number of anilines is 1. The first-order valence-corrected chi connectivity index (χ1v) is 18.0. The quantitative estimate of drug-likeness (QED) is 0.123. The van der Waals surface area contributed by atoms with E-state index in [1.807, 2.05) is 0 Å². The van der Waals surface area contributed by atoms with Crippen molar-refractivity contribution in [2.75, 3.05) is 64.8 Å². The van der Waals surface area contributed by atoms with Gasteiger partial charge in [-0.15, -0.1) is 0 Å². The van der Waals surface area contributed by atoms with Gasteiger partial charge in [0.25, 0.3) is 23.3 Å². The van der Waals surface area contributed by atoms with E-state index >= 15 is 0 Å². The van der Waals surface area contributed by atoms with Crippen LogP contribution < -0.4 is 21.9 Å². The third-order valence-corrected chi connectivity index (χ3v) is 9.39. The van der Waals surface area contributed by atoms with E-state index in [1.165, 1.54) is 47.5 Å². The summed E-state index contributed by atoms with van der Waals surface area (Å²) in [5, 5.41) is 13.5. The van der Waals surface area contributed by atoms with Gasteiger partial charge in [-0.2, -0.15) is 5.10 Å². The molecule has 6 rings (SSSR count). The number of aromatic nitrogens is 3. The molecule has 13 nitrogen and oxygen atoms in total. The smallest absolute Gasteiger partial charge is 0.272 e. The van der Waals surface area contributed by atoms with Crippen molar-refractivity contribution >= 4 is 34.2 Å². The zero-order valence-corrected chi connectivity index (χ0v) is 30.6. The zero-order valence-electron chi connectivity index (χ0n) is 30.6. The fourth-order valence-electron chi connectivity index (χ4n) is 6.35. The van der Waals surface area contributed by atoms with Crippen molar-refractivity contribution in [1.82, 2.24) is 35.6 Å². The van der Waals surface area contributed by atoms with Gasteiger partial charge >= 0.3 is 0 Å². The van der Waals surface area contributed by atoms with Gasteiger partial charge in [0, 0.05) is 75.3 Å². The van der Waals surface area contributed by atoms with E-state index in [2.05, 4.69) is 25.8 Å². The van der Waals surface area contributed by atoms with Gasteiger partial charge in [-0.25, -0.2) is 23.3 Å². The Labute approximate surface area is 320 Å². The number of piperazine rings is 1. The van der Waals surface area contributed by atoms with Crippen molar-refractivity contribution in [3.63, 3.8) is 0 Å². The molecule has 0 aliphatic carbocycles. The molecular formula is C40H41F3N8O5. The third-order valence-electron chi connectivity index (χ3n) is 9.39. The van der Waals surface area contributed by atoms with Gasteiger partial charge in [0.15, 0.2) is 5.69 Å². The number of pyridine rings is 1. The minimum Gasteiger partial charge on any atom is -0.397 e. The van der Waals surface area contributed by atoms with Crippen LogP contribution in [0.3, 0.4) is 0 Å². The van der Waals surface area contributed by atoms with E-state index in [1.54, 1.807) is 41.3 Å². The number of carbonyl (C=O) groups excluding carboxylic acids is 3. The lowest BCUT2D eigenvalue weighted by Gasteiger charge is -2.35. The SMILES string of the molecule is CC(F)(F)c1cccc(-c2cnc(C(=O)NCCOCCNCC(=O)N3CCN(C(=O)c4cc(Cc5n[nH]c(=O)c6ccccc56)ccc4F)CC3)c(N)c2)c1. The summed E-state index contributed by atoms with van der Waals surface area (Å²) in [5.74, 6) is -4.77. The van der Waals surface area contributed by atoms with Crippen molar-refractivity contribution in [2.24, 2.45) is 0 Å². The average molecular weight is 771 g/mol. The minimum atomic E-state index is -3.00. The Hall–Kier alpha value is -6.13. The Morgan fingerprint density at radius 3 is 2.39 bits per heavy atom. The molecule has 0 spiro atoms. The van der Waals surface area contributed by atoms with Crippen LogP contribution in [0.5, 0.6) is 0 Å². The van der Waals surface area contributed by atoms with Gasteiger partial charge in [0.05, 0.1) is 42.1 Å². The lowest BCUT2D eigenvalue weighted by atomic mass is 10.0. The Morgan fingerprint density at radius 1 is 0.911 bits per heavy atom. The van der Waals surface area contributed by atoms with Crippen molar-refractivity contribution in [1.29, 1.82) is 0 Å². The van der Waals surface area contributed by atoms with Crippen LogP contribution in [-0.2, 0) is 21.9 Å². The first-order chi connectivity index (χ1) is 26.9. The van der Waals surface area contributed by atoms with E-state index < -0.39 is 23.6 Å². The van der Waals surface area contributed by atoms with Crippen molar-refractivity contribution in [3.8, 4) is 11.1 Å². The van der Waals surface area contributed by atoms with E-state index in [-0.39, 0.29) is 79.8 Å². The number of H-pyrrole nitrogens is 1. The standard InChI is InChI=1S/C40H41F3N8O5/c1-40(42,43)28-6-4-5-26(21-28)27-22-33(44)36(47-23-27)38(54)46-12-18-56-17-11-45-24-35(52)50-13-15-51(16-14-50)39(55)31-19-25(9-10-32(31)41)20-34-29-7-2-3-8-30(29)37(53)49-48-34/h2-10,19,21-23,45H,11-18,20,24,44H2,1H3,(H,46,54)(H,49,53). The third kappa shape index (κ3) is 9.56. The molecule has 5 aromatic rings. The van der Waals surface area contributed by atoms with Crippen LogP contribution in [-0.4, -0.2) is 102 Å². The summed E-state index contributed by atoms with van der Waals surface area (Å²) in [6, 6.07) is 18.8. The maximum absolute atomic E-state index is 14.9. The molecule has 0 atom stereocenters. The molecule has 1 aliphatic rings. The lowest BCUT2D eigenvalue weighted by Crippen LogP contribution is -2.52. The number of nitrogens with two attached hydrogens (primary N) is 1. The Bertz CT molecular complexity index is 2290. The molecule has 3 amide bonds. The second-order valence-electron chi connectivity index (χ2n) is 13.4. The van der Waals surface area contributed by atoms with Crippen LogP contribution in [0, 0.1) is 5.82 Å². The number of nitrogen functional groups attached to an aromatic ring is 1. The predicted octanol–water partition coefficient (Wildman–Crippen LogP) is 3.73. The summed E-state index contributed by atoms with van der Waals surface area (Å²) in [4.78, 5) is 58.2. The Kier molecular flexibility index (Phi) is 12.4. The number of ether oxygens (including phenoxy) is 1. The number of nitrogens with zero attached hydrogens (tertiary/aromatic N) is 4. The number of hydrogen-bond acceptors (Lipinski definition) is 9. The molecule has 2 aromatic heterocycles. The summed E-state index contributed by atoms with van der Waals surface area (Å²) < 4.78 is 47.9. The molecule has 292 valence electrons. The lowest BCUT2D eigenvalue weighted by molar-refractivity contribution is -0.131. The highest BCUT2D eigenvalue weighted by Gasteiger charge is 2.27. The van der Waals surface area contributed by atoms with Gasteiger partial charge in [-0.1, -0.05) is 42.5 Å². The van der Waals surface area contributed by atoms with E-state index in [9.17, 15) is 32.3 Å². The van der Waals surface area contributed by atoms with Crippen LogP contribution in [0.2, 0.25) is 0 Å². The fourth-order valence-corrected chi connectivity index (χ4v) is 6.35. The largest absolute Gasteiger partial charge is 0.397 e. The maximum Gasteiger partial charge on any atom is 0.272 e. The number of amides is 3. The molecule has 1 fully saturated rings. The molecule has 0 unspecified atom stereocenters. The number of alkyl halides is 2. The minimum absolute atomic E-state index is 0.00313. The first kappa shape index (κ1) is 39.6. The Morgan fingerprint density at radius 2 is 1.64 bits per heavy atom. The normalized spacial score (nSPS) is 13.2. The molecule has 16 heteroatoms. The number of nitrogens with one attached hydrogen (secondary N) is 3. The van der Waals surface area contributed by atoms with Crippen LogP contribution in [0.15, 0.2) is 83.8 Å². The van der Waals surface area contributed by atoms with Crippen LogP contribution >= 0.6 is 0 Å². The number of hydrogen-bond donors (Lipinski definition) is 4. The summed E-state index contributed by atoms with van der Waals surface area (Å²) in [5.41, 5.74) is 7.90. The zero-order chi connectivity index (χ0) is 39.8. The molecule has 0 radical (unpaired) electrons. The van der Waals surface area contributed by atoms with E-state index in [0.717, 1.165) is 6.92 Å². The summed E-state index contributed by atoms with van der Waals surface area (Å²) in [6.45, 7) is 2.97. The molecular weight excluding hydrogens is 729 g/mol. The number of benzene rings is 3. The van der Waals surface area contributed by atoms with E-state index in [4.69, 9.17) is 10.5 Å². The molecule has 5 N–H and O–H groups in total. The predicted molar refractivity (Wildman–Crippen MR) is 204 cm³/mol. The molecule has 0 bridgehead atoms. The maximum atomic E-state index is 14.9. The summed E-state index contributed by atoms with van der Waals surface area (Å²) in [6.07, 6.45) is 1.69. The second kappa shape index (κ2) is 17.6. The number of aromatic amines is 1. The van der Waals surface area contributed by atoms with Crippen LogP contribution in [0.4, 0.5) is 18.9 Å². The molecule has 56 heavy (non-hydrogen) atoms. The van der Waals surface area contributed by atoms with Crippen LogP contribution in [0.25, 0.3) is 21.9 Å². The topological polar surface area (TPSA) is 176 Å². The highest BCUT2D eigenvalue weighted by atomic mass is 19.3. The van der Waals surface area contributed by atoms with Gasteiger partial charge in [0.1, 0.15) is 5.82 Å². The Balaban J connectivity index is 0.880. The average Bonchev–Trinajstić information content (AvgIpc) is 3.20. The molecule has 0 saturated carbocycles. The van der Waals surface area contributed by atoms with Gasteiger partial charge < -0.3 is 30.9 Å².